The highest BCUT2D eigenvalue weighted by Crippen LogP contribution is 2.45. The highest BCUT2D eigenvalue weighted by Gasteiger charge is 2.41. The maximum Gasteiger partial charge on any atom is 0.222 e. The van der Waals surface area contributed by atoms with Crippen molar-refractivity contribution in [2.24, 2.45) is 5.92 Å². The van der Waals surface area contributed by atoms with Crippen molar-refractivity contribution in [3.63, 3.8) is 0 Å². The van der Waals surface area contributed by atoms with Gasteiger partial charge in [0.25, 0.3) is 0 Å². The van der Waals surface area contributed by atoms with E-state index in [1.165, 1.54) is 11.6 Å². The fourth-order valence-electron chi connectivity index (χ4n) is 4.77. The number of methoxy groups -OCH3 is 1. The molecule has 3 rings (SSSR count). The molecule has 174 valence electrons. The molecule has 0 spiro atoms. The van der Waals surface area contributed by atoms with E-state index in [0.717, 1.165) is 25.0 Å². The Kier molecular flexibility index (Phi) is 8.30. The molecule has 0 bridgehead atoms. The first-order valence-corrected chi connectivity index (χ1v) is 11.7. The van der Waals surface area contributed by atoms with Gasteiger partial charge in [-0.05, 0) is 37.3 Å². The third-order valence-electron chi connectivity index (χ3n) is 6.76. The van der Waals surface area contributed by atoms with Crippen molar-refractivity contribution >= 4 is 5.91 Å². The average Bonchev–Trinajstić information content (AvgIpc) is 2.82. The van der Waals surface area contributed by atoms with Crippen LogP contribution in [0.3, 0.4) is 0 Å². The molecule has 2 aromatic rings. The molecule has 5 heteroatoms. The molecule has 4 nitrogen and oxygen atoms in total. The number of benzene rings is 2. The maximum atomic E-state index is 14.3. The lowest BCUT2D eigenvalue weighted by Gasteiger charge is -2.44. The summed E-state index contributed by atoms with van der Waals surface area (Å²) in [6.07, 6.45) is 3.06. The van der Waals surface area contributed by atoms with E-state index in [2.05, 4.69) is 19.9 Å². The van der Waals surface area contributed by atoms with Gasteiger partial charge in [0.2, 0.25) is 5.91 Å². The zero-order valence-corrected chi connectivity index (χ0v) is 19.8. The zero-order chi connectivity index (χ0) is 23.1. The number of rotatable bonds is 9. The van der Waals surface area contributed by atoms with Crippen LogP contribution in [-0.2, 0) is 21.5 Å². The van der Waals surface area contributed by atoms with Crippen molar-refractivity contribution in [3.8, 4) is 5.75 Å². The van der Waals surface area contributed by atoms with Gasteiger partial charge >= 0.3 is 0 Å². The van der Waals surface area contributed by atoms with Gasteiger partial charge in [-0.1, -0.05) is 57.2 Å². The Morgan fingerprint density at radius 1 is 1.22 bits per heavy atom. The topological polar surface area (TPSA) is 38.8 Å². The first-order chi connectivity index (χ1) is 15.4. The highest BCUT2D eigenvalue weighted by molar-refractivity contribution is 5.75. The molecule has 1 saturated heterocycles. The van der Waals surface area contributed by atoms with Crippen molar-refractivity contribution in [1.29, 1.82) is 0 Å². The molecule has 0 aliphatic carbocycles. The van der Waals surface area contributed by atoms with Gasteiger partial charge in [0.1, 0.15) is 11.6 Å². The molecule has 0 radical (unpaired) electrons. The lowest BCUT2D eigenvalue weighted by molar-refractivity contribution is -0.132. The van der Waals surface area contributed by atoms with Crippen LogP contribution in [0.2, 0.25) is 0 Å². The van der Waals surface area contributed by atoms with Gasteiger partial charge in [0, 0.05) is 42.7 Å². The summed E-state index contributed by atoms with van der Waals surface area (Å²) in [5, 5.41) is 0. The van der Waals surface area contributed by atoms with Crippen LogP contribution in [0, 0.1) is 11.7 Å². The Hall–Kier alpha value is -2.40. The molecular weight excluding hydrogens is 405 g/mol. The van der Waals surface area contributed by atoms with Crippen LogP contribution in [0.25, 0.3) is 0 Å². The number of ether oxygens (including phenoxy) is 2. The van der Waals surface area contributed by atoms with Crippen molar-refractivity contribution in [3.05, 3.63) is 65.5 Å². The van der Waals surface area contributed by atoms with E-state index >= 15 is 0 Å². The number of hydrogen-bond acceptors (Lipinski definition) is 3. The van der Waals surface area contributed by atoms with Crippen LogP contribution in [-0.4, -0.2) is 37.2 Å². The van der Waals surface area contributed by atoms with Crippen molar-refractivity contribution < 1.29 is 18.7 Å². The van der Waals surface area contributed by atoms with Gasteiger partial charge in [0.05, 0.1) is 13.2 Å². The normalized spacial score (nSPS) is 20.9. The minimum Gasteiger partial charge on any atom is -0.496 e. The van der Waals surface area contributed by atoms with Crippen molar-refractivity contribution in [2.45, 2.75) is 64.5 Å². The third kappa shape index (κ3) is 5.50. The van der Waals surface area contributed by atoms with Gasteiger partial charge < -0.3 is 14.4 Å². The smallest absolute Gasteiger partial charge is 0.222 e. The lowest BCUT2D eigenvalue weighted by Crippen LogP contribution is -2.44. The standard InChI is InChI=1S/C27H36FNO3/c1-5-26(30)29(19-21-10-6-8-12-23(21)28)16-14-27(15-17-32-25(18-27)20(2)3)22-11-7-9-13-24(22)31-4/h6-13,20,25H,5,14-19H2,1-4H3. The van der Waals surface area contributed by atoms with Crippen molar-refractivity contribution in [1.82, 2.24) is 4.90 Å². The van der Waals surface area contributed by atoms with E-state index in [4.69, 9.17) is 9.47 Å². The van der Waals surface area contributed by atoms with Gasteiger partial charge in [-0.2, -0.15) is 0 Å². The number of para-hydroxylation sites is 1. The average molecular weight is 442 g/mol. The Bertz CT molecular complexity index is 900. The Morgan fingerprint density at radius 2 is 1.94 bits per heavy atom. The summed E-state index contributed by atoms with van der Waals surface area (Å²) in [4.78, 5) is 14.6. The first kappa shape index (κ1) is 24.2. The second kappa shape index (κ2) is 11.0. The monoisotopic (exact) mass is 441 g/mol. The zero-order valence-electron chi connectivity index (χ0n) is 19.8. The number of carbonyl (C=O) groups is 1. The maximum absolute atomic E-state index is 14.3. The summed E-state index contributed by atoms with van der Waals surface area (Å²) < 4.78 is 26.2. The second-order valence-electron chi connectivity index (χ2n) is 9.10. The van der Waals surface area contributed by atoms with Crippen LogP contribution in [0.4, 0.5) is 4.39 Å². The van der Waals surface area contributed by atoms with E-state index in [0.29, 0.717) is 31.1 Å². The van der Waals surface area contributed by atoms with E-state index in [9.17, 15) is 9.18 Å². The number of amides is 1. The predicted molar refractivity (Wildman–Crippen MR) is 125 cm³/mol. The minimum absolute atomic E-state index is 0.0379. The number of hydrogen-bond donors (Lipinski definition) is 0. The minimum atomic E-state index is -0.271. The number of halogens is 1. The lowest BCUT2D eigenvalue weighted by atomic mass is 9.68. The summed E-state index contributed by atoms with van der Waals surface area (Å²) in [5.41, 5.74) is 1.56. The summed E-state index contributed by atoms with van der Waals surface area (Å²) >= 11 is 0. The molecule has 2 unspecified atom stereocenters. The van der Waals surface area contributed by atoms with Crippen LogP contribution in [0.15, 0.2) is 48.5 Å². The molecule has 32 heavy (non-hydrogen) atoms. The van der Waals surface area contributed by atoms with E-state index < -0.39 is 0 Å². The predicted octanol–water partition coefficient (Wildman–Crippen LogP) is 5.74. The Morgan fingerprint density at radius 3 is 2.62 bits per heavy atom. The molecule has 1 aliphatic heterocycles. The highest BCUT2D eigenvalue weighted by atomic mass is 19.1. The van der Waals surface area contributed by atoms with Gasteiger partial charge in [0.15, 0.2) is 0 Å². The Labute approximate surface area is 191 Å². The van der Waals surface area contributed by atoms with Gasteiger partial charge in [-0.3, -0.25) is 4.79 Å². The third-order valence-corrected chi connectivity index (χ3v) is 6.76. The number of nitrogens with zero attached hydrogens (tertiary/aromatic N) is 1. The van der Waals surface area contributed by atoms with E-state index in [1.54, 1.807) is 24.1 Å². The summed E-state index contributed by atoms with van der Waals surface area (Å²) in [6, 6.07) is 14.9. The van der Waals surface area contributed by atoms with Crippen LogP contribution in [0.5, 0.6) is 5.75 Å². The Balaban J connectivity index is 1.91. The molecule has 0 saturated carbocycles. The molecule has 2 aromatic carbocycles. The first-order valence-electron chi connectivity index (χ1n) is 11.7. The molecule has 1 amide bonds. The molecule has 2 atom stereocenters. The molecular formula is C27H36FNO3. The summed E-state index contributed by atoms with van der Waals surface area (Å²) in [5.74, 6) is 1.04. The van der Waals surface area contributed by atoms with E-state index in [1.807, 2.05) is 31.2 Å². The number of carbonyl (C=O) groups excluding carboxylic acids is 1. The molecule has 1 fully saturated rings. The molecule has 0 aromatic heterocycles. The van der Waals surface area contributed by atoms with Crippen molar-refractivity contribution in [2.75, 3.05) is 20.3 Å². The largest absolute Gasteiger partial charge is 0.496 e. The van der Waals surface area contributed by atoms with Gasteiger partial charge in [-0.15, -0.1) is 0 Å². The molecule has 0 N–H and O–H groups in total. The molecule has 1 heterocycles. The fourth-order valence-corrected chi connectivity index (χ4v) is 4.77. The summed E-state index contributed by atoms with van der Waals surface area (Å²) in [6.45, 7) is 7.75. The summed E-state index contributed by atoms with van der Waals surface area (Å²) in [7, 11) is 1.71. The SMILES string of the molecule is CCC(=O)N(CCC1(c2ccccc2OC)CCOC(C(C)C)C1)Cc1ccccc1F. The van der Waals surface area contributed by atoms with Crippen LogP contribution >= 0.6 is 0 Å². The van der Waals surface area contributed by atoms with E-state index in [-0.39, 0.29) is 29.8 Å². The fraction of sp³-hybridized carbons (Fsp3) is 0.519. The van der Waals surface area contributed by atoms with Gasteiger partial charge in [-0.25, -0.2) is 4.39 Å². The quantitative estimate of drug-likeness (QED) is 0.498. The van der Waals surface area contributed by atoms with Crippen LogP contribution in [0.1, 0.15) is 57.6 Å². The molecule has 1 aliphatic rings. The second-order valence-corrected chi connectivity index (χ2v) is 9.10. The van der Waals surface area contributed by atoms with Crippen LogP contribution < -0.4 is 4.74 Å².